The summed E-state index contributed by atoms with van der Waals surface area (Å²) in [6.45, 7) is 3.97. The van der Waals surface area contributed by atoms with E-state index in [1.807, 2.05) is 6.92 Å². The molecule has 1 aromatic heterocycles. The smallest absolute Gasteiger partial charge is 0.198 e. The van der Waals surface area contributed by atoms with Gasteiger partial charge in [0, 0.05) is 12.5 Å². The summed E-state index contributed by atoms with van der Waals surface area (Å²) in [7, 11) is 0. The maximum atomic E-state index is 5.72. The van der Waals surface area contributed by atoms with Crippen molar-refractivity contribution in [3.8, 4) is 0 Å². The number of nitrogens with two attached hydrogens (primary N) is 1. The first-order chi connectivity index (χ1) is 7.65. The van der Waals surface area contributed by atoms with E-state index in [0.29, 0.717) is 6.42 Å². The highest BCUT2D eigenvalue weighted by atomic mass is 16.3. The number of aryl methyl sites for hydroxylation is 1. The molecule has 84 valence electrons. The summed E-state index contributed by atoms with van der Waals surface area (Å²) in [4.78, 5) is 4.34. The molecule has 0 aliphatic rings. The standard InChI is InChI=1S/C13H16N2O/c1-9-3-5-11(6-4-9)7-13-15-12(8-16-13)10(2)14/h3-6,8,10H,7,14H2,1-2H3. The molecule has 0 aliphatic heterocycles. The minimum absolute atomic E-state index is 0.0736. The minimum Gasteiger partial charge on any atom is -0.448 e. The van der Waals surface area contributed by atoms with Crippen molar-refractivity contribution < 1.29 is 4.42 Å². The average Bonchev–Trinajstić information content (AvgIpc) is 2.70. The molecule has 0 amide bonds. The second-order valence-electron chi connectivity index (χ2n) is 4.12. The fourth-order valence-corrected chi connectivity index (χ4v) is 1.50. The molecule has 3 nitrogen and oxygen atoms in total. The van der Waals surface area contributed by atoms with Crippen molar-refractivity contribution in [2.45, 2.75) is 26.3 Å². The Morgan fingerprint density at radius 2 is 2.00 bits per heavy atom. The van der Waals surface area contributed by atoms with Gasteiger partial charge in [-0.2, -0.15) is 0 Å². The van der Waals surface area contributed by atoms with Gasteiger partial charge in [-0.05, 0) is 19.4 Å². The van der Waals surface area contributed by atoms with Gasteiger partial charge in [-0.25, -0.2) is 4.98 Å². The first-order valence-corrected chi connectivity index (χ1v) is 5.40. The molecular formula is C13H16N2O. The van der Waals surface area contributed by atoms with E-state index in [0.717, 1.165) is 11.6 Å². The summed E-state index contributed by atoms with van der Waals surface area (Å²) in [6.07, 6.45) is 2.35. The zero-order valence-corrected chi connectivity index (χ0v) is 9.60. The van der Waals surface area contributed by atoms with E-state index in [1.165, 1.54) is 11.1 Å². The van der Waals surface area contributed by atoms with Gasteiger partial charge in [-0.3, -0.25) is 0 Å². The second kappa shape index (κ2) is 4.49. The number of hydrogen-bond acceptors (Lipinski definition) is 3. The van der Waals surface area contributed by atoms with Gasteiger partial charge in [-0.15, -0.1) is 0 Å². The third-order valence-corrected chi connectivity index (χ3v) is 2.51. The zero-order chi connectivity index (χ0) is 11.5. The Morgan fingerprint density at radius 1 is 1.31 bits per heavy atom. The third-order valence-electron chi connectivity index (χ3n) is 2.51. The number of oxazole rings is 1. The largest absolute Gasteiger partial charge is 0.448 e. The van der Waals surface area contributed by atoms with E-state index in [9.17, 15) is 0 Å². The van der Waals surface area contributed by atoms with Gasteiger partial charge in [0.05, 0.1) is 5.69 Å². The Kier molecular flexibility index (Phi) is 3.06. The van der Waals surface area contributed by atoms with E-state index in [4.69, 9.17) is 10.2 Å². The molecule has 0 radical (unpaired) electrons. The fourth-order valence-electron chi connectivity index (χ4n) is 1.50. The Bertz CT molecular complexity index is 457. The highest BCUT2D eigenvalue weighted by Crippen LogP contribution is 2.13. The molecule has 0 spiro atoms. The molecule has 3 heteroatoms. The lowest BCUT2D eigenvalue weighted by molar-refractivity contribution is 0.505. The quantitative estimate of drug-likeness (QED) is 0.858. The van der Waals surface area contributed by atoms with Crippen molar-refractivity contribution in [3.63, 3.8) is 0 Å². The molecular weight excluding hydrogens is 200 g/mol. The van der Waals surface area contributed by atoms with Gasteiger partial charge in [0.15, 0.2) is 5.89 Å². The summed E-state index contributed by atoms with van der Waals surface area (Å²) in [5.74, 6) is 0.719. The average molecular weight is 216 g/mol. The SMILES string of the molecule is Cc1ccc(Cc2nc(C(C)N)co2)cc1. The van der Waals surface area contributed by atoms with Crippen LogP contribution in [0.25, 0.3) is 0 Å². The second-order valence-corrected chi connectivity index (χ2v) is 4.12. The van der Waals surface area contributed by atoms with Gasteiger partial charge in [0.2, 0.25) is 0 Å². The number of benzene rings is 1. The Morgan fingerprint density at radius 3 is 2.56 bits per heavy atom. The summed E-state index contributed by atoms with van der Waals surface area (Å²) in [6, 6.07) is 8.28. The van der Waals surface area contributed by atoms with Crippen molar-refractivity contribution >= 4 is 0 Å². The highest BCUT2D eigenvalue weighted by Gasteiger charge is 2.07. The van der Waals surface area contributed by atoms with Crippen LogP contribution in [0.15, 0.2) is 34.9 Å². The molecule has 0 saturated carbocycles. The van der Waals surface area contributed by atoms with Crippen LogP contribution in [0.5, 0.6) is 0 Å². The van der Waals surface area contributed by atoms with Crippen molar-refractivity contribution in [1.82, 2.24) is 4.98 Å². The molecule has 0 saturated heterocycles. The molecule has 2 aromatic rings. The number of aromatic nitrogens is 1. The zero-order valence-electron chi connectivity index (χ0n) is 9.60. The van der Waals surface area contributed by atoms with Gasteiger partial charge in [0.25, 0.3) is 0 Å². The Labute approximate surface area is 95.3 Å². The molecule has 0 fully saturated rings. The van der Waals surface area contributed by atoms with E-state index in [1.54, 1.807) is 6.26 Å². The first kappa shape index (κ1) is 10.9. The number of nitrogens with zero attached hydrogens (tertiary/aromatic N) is 1. The van der Waals surface area contributed by atoms with Crippen LogP contribution in [0.2, 0.25) is 0 Å². The number of hydrogen-bond donors (Lipinski definition) is 1. The van der Waals surface area contributed by atoms with E-state index < -0.39 is 0 Å². The molecule has 0 bridgehead atoms. The maximum absolute atomic E-state index is 5.72. The van der Waals surface area contributed by atoms with E-state index in [-0.39, 0.29) is 6.04 Å². The predicted molar refractivity (Wildman–Crippen MR) is 63.1 cm³/mol. The Balaban J connectivity index is 2.11. The predicted octanol–water partition coefficient (Wildman–Crippen LogP) is 2.59. The van der Waals surface area contributed by atoms with Gasteiger partial charge in [0.1, 0.15) is 6.26 Å². The summed E-state index contributed by atoms with van der Waals surface area (Å²) in [5, 5.41) is 0. The molecule has 1 unspecified atom stereocenters. The summed E-state index contributed by atoms with van der Waals surface area (Å²) < 4.78 is 5.37. The van der Waals surface area contributed by atoms with Crippen LogP contribution in [0.4, 0.5) is 0 Å². The molecule has 2 N–H and O–H groups in total. The molecule has 16 heavy (non-hydrogen) atoms. The van der Waals surface area contributed by atoms with E-state index >= 15 is 0 Å². The molecule has 1 heterocycles. The Hall–Kier alpha value is -1.61. The highest BCUT2D eigenvalue weighted by molar-refractivity contribution is 5.23. The molecule has 1 atom stereocenters. The summed E-state index contributed by atoms with van der Waals surface area (Å²) >= 11 is 0. The molecule has 2 rings (SSSR count). The van der Waals surface area contributed by atoms with Gasteiger partial charge >= 0.3 is 0 Å². The monoisotopic (exact) mass is 216 g/mol. The van der Waals surface area contributed by atoms with Crippen LogP contribution in [-0.4, -0.2) is 4.98 Å². The van der Waals surface area contributed by atoms with Gasteiger partial charge < -0.3 is 10.2 Å². The molecule has 0 aliphatic carbocycles. The van der Waals surface area contributed by atoms with Gasteiger partial charge in [-0.1, -0.05) is 29.8 Å². The first-order valence-electron chi connectivity index (χ1n) is 5.40. The van der Waals surface area contributed by atoms with Crippen molar-refractivity contribution in [3.05, 3.63) is 53.2 Å². The van der Waals surface area contributed by atoms with Crippen LogP contribution in [0, 0.1) is 6.92 Å². The van der Waals surface area contributed by atoms with Crippen LogP contribution in [0.3, 0.4) is 0 Å². The maximum Gasteiger partial charge on any atom is 0.198 e. The lowest BCUT2D eigenvalue weighted by Gasteiger charge is -1.98. The lowest BCUT2D eigenvalue weighted by atomic mass is 10.1. The van der Waals surface area contributed by atoms with Crippen LogP contribution < -0.4 is 5.73 Å². The summed E-state index contributed by atoms with van der Waals surface area (Å²) in [5.41, 5.74) is 8.98. The van der Waals surface area contributed by atoms with Crippen molar-refractivity contribution in [1.29, 1.82) is 0 Å². The third kappa shape index (κ3) is 2.49. The van der Waals surface area contributed by atoms with Crippen molar-refractivity contribution in [2.75, 3.05) is 0 Å². The number of rotatable bonds is 3. The minimum atomic E-state index is -0.0736. The van der Waals surface area contributed by atoms with Crippen LogP contribution in [0.1, 0.15) is 35.7 Å². The van der Waals surface area contributed by atoms with E-state index in [2.05, 4.69) is 36.2 Å². The van der Waals surface area contributed by atoms with Crippen LogP contribution >= 0.6 is 0 Å². The molecule has 1 aromatic carbocycles. The topological polar surface area (TPSA) is 52.0 Å². The lowest BCUT2D eigenvalue weighted by Crippen LogP contribution is -2.05. The van der Waals surface area contributed by atoms with Crippen LogP contribution in [-0.2, 0) is 6.42 Å². The fraction of sp³-hybridized carbons (Fsp3) is 0.308. The normalized spacial score (nSPS) is 12.7. The van der Waals surface area contributed by atoms with Crippen molar-refractivity contribution in [2.24, 2.45) is 5.73 Å².